The minimum atomic E-state index is -0.181. The Hall–Kier alpha value is -2.17. The van der Waals surface area contributed by atoms with Crippen molar-refractivity contribution in [1.29, 1.82) is 0 Å². The lowest BCUT2D eigenvalue weighted by atomic mass is 10.2. The third-order valence-electron chi connectivity index (χ3n) is 2.47. The van der Waals surface area contributed by atoms with E-state index in [1.165, 1.54) is 0 Å². The number of amides is 1. The molecule has 88 valence electrons. The van der Waals surface area contributed by atoms with Crippen LogP contribution in [0.25, 0.3) is 0 Å². The van der Waals surface area contributed by atoms with E-state index in [0.717, 1.165) is 0 Å². The molecule has 17 heavy (non-hydrogen) atoms. The molecule has 1 aromatic rings. The SMILES string of the molecule is C=C1OCCN(Cc2ncccn2)C(=O)C1=C. The van der Waals surface area contributed by atoms with Crippen LogP contribution in [-0.4, -0.2) is 33.9 Å². The smallest absolute Gasteiger partial charge is 0.257 e. The summed E-state index contributed by atoms with van der Waals surface area (Å²) in [7, 11) is 0. The molecule has 1 aromatic heterocycles. The quantitative estimate of drug-likeness (QED) is 0.710. The van der Waals surface area contributed by atoms with Crippen molar-refractivity contribution in [3.63, 3.8) is 0 Å². The van der Waals surface area contributed by atoms with Crippen molar-refractivity contribution >= 4 is 5.91 Å². The van der Waals surface area contributed by atoms with Gasteiger partial charge in [-0.15, -0.1) is 0 Å². The van der Waals surface area contributed by atoms with E-state index in [4.69, 9.17) is 4.74 Å². The lowest BCUT2D eigenvalue weighted by Crippen LogP contribution is -2.32. The Morgan fingerprint density at radius 1 is 1.35 bits per heavy atom. The first-order valence-electron chi connectivity index (χ1n) is 5.24. The molecule has 0 bridgehead atoms. The average Bonchev–Trinajstić information content (AvgIpc) is 2.46. The van der Waals surface area contributed by atoms with Crippen molar-refractivity contribution < 1.29 is 9.53 Å². The summed E-state index contributed by atoms with van der Waals surface area (Å²) in [5, 5.41) is 0. The highest BCUT2D eigenvalue weighted by molar-refractivity contribution is 5.96. The van der Waals surface area contributed by atoms with Gasteiger partial charge in [-0.05, 0) is 6.07 Å². The fourth-order valence-electron chi connectivity index (χ4n) is 1.51. The first kappa shape index (κ1) is 11.3. The van der Waals surface area contributed by atoms with Crippen molar-refractivity contribution in [3.8, 4) is 0 Å². The third kappa shape index (κ3) is 2.50. The van der Waals surface area contributed by atoms with Crippen molar-refractivity contribution in [2.45, 2.75) is 6.54 Å². The van der Waals surface area contributed by atoms with Gasteiger partial charge in [-0.3, -0.25) is 4.79 Å². The molecule has 1 fully saturated rings. The Morgan fingerprint density at radius 3 is 2.76 bits per heavy atom. The van der Waals surface area contributed by atoms with E-state index >= 15 is 0 Å². The van der Waals surface area contributed by atoms with Gasteiger partial charge >= 0.3 is 0 Å². The molecule has 1 aliphatic rings. The maximum absolute atomic E-state index is 12.0. The number of carbonyl (C=O) groups excluding carboxylic acids is 1. The summed E-state index contributed by atoms with van der Waals surface area (Å²) >= 11 is 0. The number of aromatic nitrogens is 2. The predicted octanol–water partition coefficient (Wildman–Crippen LogP) is 0.905. The molecule has 1 aliphatic heterocycles. The van der Waals surface area contributed by atoms with Crippen LogP contribution in [0.2, 0.25) is 0 Å². The molecule has 0 aromatic carbocycles. The fourth-order valence-corrected chi connectivity index (χ4v) is 1.51. The average molecular weight is 231 g/mol. The molecule has 0 atom stereocenters. The summed E-state index contributed by atoms with van der Waals surface area (Å²) in [6.07, 6.45) is 3.30. The topological polar surface area (TPSA) is 55.3 Å². The van der Waals surface area contributed by atoms with Crippen LogP contribution in [0.4, 0.5) is 0 Å². The van der Waals surface area contributed by atoms with Crippen molar-refractivity contribution in [2.24, 2.45) is 0 Å². The Morgan fingerprint density at radius 2 is 2.06 bits per heavy atom. The summed E-state index contributed by atoms with van der Waals surface area (Å²) in [5.41, 5.74) is 0.290. The van der Waals surface area contributed by atoms with E-state index in [0.29, 0.717) is 36.9 Å². The van der Waals surface area contributed by atoms with E-state index in [-0.39, 0.29) is 5.91 Å². The van der Waals surface area contributed by atoms with Gasteiger partial charge in [0, 0.05) is 12.4 Å². The largest absolute Gasteiger partial charge is 0.492 e. The van der Waals surface area contributed by atoms with Crippen LogP contribution in [-0.2, 0) is 16.1 Å². The summed E-state index contributed by atoms with van der Waals surface area (Å²) in [5.74, 6) is 0.757. The van der Waals surface area contributed by atoms with Crippen molar-refractivity contribution in [2.75, 3.05) is 13.2 Å². The van der Waals surface area contributed by atoms with Crippen molar-refractivity contribution in [1.82, 2.24) is 14.9 Å². The van der Waals surface area contributed by atoms with Crippen LogP contribution in [0.15, 0.2) is 43.0 Å². The van der Waals surface area contributed by atoms with Crippen molar-refractivity contribution in [3.05, 3.63) is 48.8 Å². The molecule has 1 amide bonds. The summed E-state index contributed by atoms with van der Waals surface area (Å²) < 4.78 is 5.26. The van der Waals surface area contributed by atoms with E-state index in [2.05, 4.69) is 23.1 Å². The molecule has 0 unspecified atom stereocenters. The Balaban J connectivity index is 2.13. The van der Waals surface area contributed by atoms with Crippen LogP contribution in [0.5, 0.6) is 0 Å². The number of ether oxygens (including phenoxy) is 1. The van der Waals surface area contributed by atoms with E-state index < -0.39 is 0 Å². The second-order valence-electron chi connectivity index (χ2n) is 3.64. The highest BCUT2D eigenvalue weighted by atomic mass is 16.5. The number of rotatable bonds is 2. The number of nitrogens with zero attached hydrogens (tertiary/aromatic N) is 3. The van der Waals surface area contributed by atoms with Crippen LogP contribution in [0.1, 0.15) is 5.82 Å². The van der Waals surface area contributed by atoms with Gasteiger partial charge in [-0.2, -0.15) is 0 Å². The second kappa shape index (κ2) is 4.78. The molecule has 2 rings (SSSR count). The molecule has 5 heteroatoms. The highest BCUT2D eigenvalue weighted by Gasteiger charge is 2.23. The molecule has 2 heterocycles. The maximum atomic E-state index is 12.0. The molecular weight excluding hydrogens is 218 g/mol. The van der Waals surface area contributed by atoms with Gasteiger partial charge < -0.3 is 9.64 Å². The lowest BCUT2D eigenvalue weighted by Gasteiger charge is -2.18. The monoisotopic (exact) mass is 231 g/mol. The molecule has 0 saturated carbocycles. The molecule has 0 aliphatic carbocycles. The maximum Gasteiger partial charge on any atom is 0.257 e. The third-order valence-corrected chi connectivity index (χ3v) is 2.47. The second-order valence-corrected chi connectivity index (χ2v) is 3.64. The van der Waals surface area contributed by atoms with E-state index in [1.807, 2.05) is 0 Å². The minimum absolute atomic E-state index is 0.181. The van der Waals surface area contributed by atoms with E-state index in [1.54, 1.807) is 23.4 Å². The van der Waals surface area contributed by atoms with Gasteiger partial charge in [0.2, 0.25) is 0 Å². The molecule has 1 saturated heterocycles. The summed E-state index contributed by atoms with van der Waals surface area (Å²) in [6, 6.07) is 1.73. The Bertz CT molecular complexity index is 456. The molecule has 0 radical (unpaired) electrons. The fraction of sp³-hybridized carbons (Fsp3) is 0.250. The Labute approximate surface area is 99.4 Å². The number of hydrogen-bond acceptors (Lipinski definition) is 4. The summed E-state index contributed by atoms with van der Waals surface area (Å²) in [4.78, 5) is 21.8. The first-order chi connectivity index (χ1) is 8.18. The standard InChI is InChI=1S/C12H13N3O2/c1-9-10(2)17-7-6-15(12(9)16)8-11-13-4-3-5-14-11/h3-5H,1-2,6-8H2. The van der Waals surface area contributed by atoms with Gasteiger partial charge in [0.25, 0.3) is 5.91 Å². The zero-order valence-corrected chi connectivity index (χ0v) is 9.43. The van der Waals surface area contributed by atoms with Crippen LogP contribution >= 0.6 is 0 Å². The number of hydrogen-bond donors (Lipinski definition) is 0. The van der Waals surface area contributed by atoms with Gasteiger partial charge in [0.1, 0.15) is 18.2 Å². The van der Waals surface area contributed by atoms with Crippen LogP contribution in [0, 0.1) is 0 Å². The van der Waals surface area contributed by atoms with Gasteiger partial charge in [-0.25, -0.2) is 9.97 Å². The minimum Gasteiger partial charge on any atom is -0.492 e. The molecule has 0 spiro atoms. The zero-order chi connectivity index (χ0) is 12.3. The predicted molar refractivity (Wildman–Crippen MR) is 61.7 cm³/mol. The van der Waals surface area contributed by atoms with Gasteiger partial charge in [-0.1, -0.05) is 13.2 Å². The zero-order valence-electron chi connectivity index (χ0n) is 9.43. The molecule has 0 N–H and O–H groups in total. The van der Waals surface area contributed by atoms with Crippen LogP contribution < -0.4 is 0 Å². The Kier molecular flexibility index (Phi) is 3.18. The number of carbonyl (C=O) groups is 1. The van der Waals surface area contributed by atoms with Crippen LogP contribution in [0.3, 0.4) is 0 Å². The molecule has 5 nitrogen and oxygen atoms in total. The van der Waals surface area contributed by atoms with Gasteiger partial charge in [0.15, 0.2) is 0 Å². The van der Waals surface area contributed by atoms with E-state index in [9.17, 15) is 4.79 Å². The first-order valence-corrected chi connectivity index (χ1v) is 5.24. The van der Waals surface area contributed by atoms with Gasteiger partial charge in [0.05, 0.1) is 18.7 Å². The molecular formula is C12H13N3O2. The lowest BCUT2D eigenvalue weighted by molar-refractivity contribution is -0.127. The summed E-state index contributed by atoms with van der Waals surface area (Å²) in [6.45, 7) is 8.57. The highest BCUT2D eigenvalue weighted by Crippen LogP contribution is 2.16. The normalized spacial score (nSPS) is 16.7.